The van der Waals surface area contributed by atoms with Crippen LogP contribution < -0.4 is 15.8 Å². The normalized spacial score (nSPS) is 12.1. The molecule has 0 spiro atoms. The van der Waals surface area contributed by atoms with Gasteiger partial charge in [0, 0.05) is 17.6 Å². The van der Waals surface area contributed by atoms with E-state index in [9.17, 15) is 13.2 Å². The first-order valence-corrected chi connectivity index (χ1v) is 8.03. The zero-order chi connectivity index (χ0) is 15.6. The fraction of sp³-hybridized carbons (Fsp3) is 0.462. The number of carbonyl (C=O) groups excluding carboxylic acids is 1. The molecule has 0 aliphatic heterocycles. The van der Waals surface area contributed by atoms with Crippen molar-refractivity contribution in [1.82, 2.24) is 5.32 Å². The third-order valence-corrected chi connectivity index (χ3v) is 3.09. The van der Waals surface area contributed by atoms with Gasteiger partial charge < -0.3 is 11.1 Å². The number of nitrogens with one attached hydrogen (secondary N) is 2. The Bertz CT molecular complexity index is 604. The Morgan fingerprint density at radius 3 is 2.45 bits per heavy atom. The van der Waals surface area contributed by atoms with Gasteiger partial charge in [-0.2, -0.15) is 0 Å². The molecule has 0 aliphatic carbocycles. The van der Waals surface area contributed by atoms with Gasteiger partial charge in [-0.15, -0.1) is 0 Å². The van der Waals surface area contributed by atoms with Crippen molar-refractivity contribution in [1.29, 1.82) is 0 Å². The maximum Gasteiger partial charge on any atom is 0.251 e. The lowest BCUT2D eigenvalue weighted by Gasteiger charge is -2.19. The summed E-state index contributed by atoms with van der Waals surface area (Å²) in [5, 5.41) is 2.71. The standard InChI is InChI=1S/C13H21N3O3S/c1-9-5-6-10(7-11(9)16-20(4,18)19)12(17)15-8-13(2,3)14/h5-7,16H,8,14H2,1-4H3,(H,15,17). The van der Waals surface area contributed by atoms with Gasteiger partial charge >= 0.3 is 0 Å². The van der Waals surface area contributed by atoms with Crippen LogP contribution in [0.15, 0.2) is 18.2 Å². The topological polar surface area (TPSA) is 101 Å². The van der Waals surface area contributed by atoms with Gasteiger partial charge in [0.15, 0.2) is 0 Å². The number of sulfonamides is 1. The number of benzene rings is 1. The largest absolute Gasteiger partial charge is 0.350 e. The first-order valence-electron chi connectivity index (χ1n) is 6.13. The van der Waals surface area contributed by atoms with Crippen molar-refractivity contribution < 1.29 is 13.2 Å². The molecule has 7 heteroatoms. The SMILES string of the molecule is Cc1ccc(C(=O)NCC(C)(C)N)cc1NS(C)(=O)=O. The zero-order valence-corrected chi connectivity index (χ0v) is 13.0. The molecule has 0 saturated heterocycles. The summed E-state index contributed by atoms with van der Waals surface area (Å²) in [6, 6.07) is 4.84. The number of anilines is 1. The smallest absolute Gasteiger partial charge is 0.251 e. The summed E-state index contributed by atoms with van der Waals surface area (Å²) in [7, 11) is -3.38. The highest BCUT2D eigenvalue weighted by Crippen LogP contribution is 2.18. The summed E-state index contributed by atoms with van der Waals surface area (Å²) < 4.78 is 24.9. The fourth-order valence-electron chi connectivity index (χ4n) is 1.48. The van der Waals surface area contributed by atoms with Crippen molar-refractivity contribution in [3.05, 3.63) is 29.3 Å². The van der Waals surface area contributed by atoms with E-state index in [1.54, 1.807) is 32.9 Å². The van der Waals surface area contributed by atoms with Crippen LogP contribution in [-0.2, 0) is 10.0 Å². The second-order valence-electron chi connectivity index (χ2n) is 5.58. The molecule has 0 bridgehead atoms. The molecule has 0 heterocycles. The highest BCUT2D eigenvalue weighted by Gasteiger charge is 2.14. The number of carbonyl (C=O) groups is 1. The van der Waals surface area contributed by atoms with E-state index in [2.05, 4.69) is 10.0 Å². The second kappa shape index (κ2) is 5.80. The Morgan fingerprint density at radius 2 is 1.95 bits per heavy atom. The maximum absolute atomic E-state index is 12.0. The van der Waals surface area contributed by atoms with Crippen LogP contribution in [0.25, 0.3) is 0 Å². The molecule has 0 aliphatic rings. The summed E-state index contributed by atoms with van der Waals surface area (Å²) in [6.45, 7) is 5.70. The lowest BCUT2D eigenvalue weighted by atomic mass is 10.1. The zero-order valence-electron chi connectivity index (χ0n) is 12.1. The van der Waals surface area contributed by atoms with Crippen molar-refractivity contribution in [2.75, 3.05) is 17.5 Å². The van der Waals surface area contributed by atoms with Crippen LogP contribution in [0.5, 0.6) is 0 Å². The first-order chi connectivity index (χ1) is 8.98. The number of nitrogens with two attached hydrogens (primary N) is 1. The number of rotatable bonds is 5. The molecule has 0 fully saturated rings. The van der Waals surface area contributed by atoms with E-state index in [1.807, 2.05) is 0 Å². The molecule has 1 aromatic rings. The quantitative estimate of drug-likeness (QED) is 0.749. The molecule has 4 N–H and O–H groups in total. The number of hydrogen-bond donors (Lipinski definition) is 3. The van der Waals surface area contributed by atoms with Crippen LogP contribution in [0.4, 0.5) is 5.69 Å². The minimum atomic E-state index is -3.38. The molecule has 1 aromatic carbocycles. The van der Waals surface area contributed by atoms with Gasteiger partial charge in [0.2, 0.25) is 10.0 Å². The Kier molecular flexibility index (Phi) is 4.77. The molecule has 0 unspecified atom stereocenters. The number of amides is 1. The fourth-order valence-corrected chi connectivity index (χ4v) is 2.10. The summed E-state index contributed by atoms with van der Waals surface area (Å²) in [6.07, 6.45) is 1.07. The minimum Gasteiger partial charge on any atom is -0.350 e. The molecule has 112 valence electrons. The van der Waals surface area contributed by atoms with E-state index in [-0.39, 0.29) is 5.91 Å². The molecule has 20 heavy (non-hydrogen) atoms. The van der Waals surface area contributed by atoms with E-state index in [1.165, 1.54) is 6.07 Å². The predicted octanol–water partition coefficient (Wildman–Crippen LogP) is 0.834. The van der Waals surface area contributed by atoms with Gasteiger partial charge in [0.25, 0.3) is 5.91 Å². The molecule has 0 atom stereocenters. The van der Waals surface area contributed by atoms with E-state index >= 15 is 0 Å². The van der Waals surface area contributed by atoms with E-state index in [0.29, 0.717) is 17.8 Å². The van der Waals surface area contributed by atoms with Crippen LogP contribution in [0.2, 0.25) is 0 Å². The molecule has 1 amide bonds. The van der Waals surface area contributed by atoms with Crippen molar-refractivity contribution in [3.8, 4) is 0 Å². The molecule has 0 saturated carbocycles. The van der Waals surface area contributed by atoms with Gasteiger partial charge in [0.05, 0.1) is 11.9 Å². The number of aryl methyl sites for hydroxylation is 1. The summed E-state index contributed by atoms with van der Waals surface area (Å²) in [5.74, 6) is -0.292. The Balaban J connectivity index is 2.92. The van der Waals surface area contributed by atoms with Crippen LogP contribution in [0, 0.1) is 6.92 Å². The Labute approximate surface area is 119 Å². The minimum absolute atomic E-state index is 0.292. The van der Waals surface area contributed by atoms with E-state index < -0.39 is 15.6 Å². The van der Waals surface area contributed by atoms with Crippen LogP contribution >= 0.6 is 0 Å². The maximum atomic E-state index is 12.0. The average Bonchev–Trinajstić information content (AvgIpc) is 2.26. The van der Waals surface area contributed by atoms with Gasteiger partial charge in [-0.25, -0.2) is 8.42 Å². The molecule has 1 rings (SSSR count). The van der Waals surface area contributed by atoms with Crippen LogP contribution in [0.1, 0.15) is 29.8 Å². The summed E-state index contributed by atoms with van der Waals surface area (Å²) in [5.41, 5.74) is 6.80. The lowest BCUT2D eigenvalue weighted by Crippen LogP contribution is -2.45. The average molecular weight is 299 g/mol. The Morgan fingerprint density at radius 1 is 1.35 bits per heavy atom. The monoisotopic (exact) mass is 299 g/mol. The summed E-state index contributed by atoms with van der Waals surface area (Å²) in [4.78, 5) is 12.0. The van der Waals surface area contributed by atoms with Gasteiger partial charge in [-0.1, -0.05) is 6.07 Å². The molecular formula is C13H21N3O3S. The first kappa shape index (κ1) is 16.5. The Hall–Kier alpha value is -1.60. The van der Waals surface area contributed by atoms with Crippen LogP contribution in [-0.4, -0.2) is 32.7 Å². The van der Waals surface area contributed by atoms with Gasteiger partial charge in [-0.3, -0.25) is 9.52 Å². The third kappa shape index (κ3) is 5.58. The highest BCUT2D eigenvalue weighted by molar-refractivity contribution is 7.92. The lowest BCUT2D eigenvalue weighted by molar-refractivity contribution is 0.0946. The highest BCUT2D eigenvalue weighted by atomic mass is 32.2. The summed E-state index contributed by atoms with van der Waals surface area (Å²) >= 11 is 0. The number of hydrogen-bond acceptors (Lipinski definition) is 4. The second-order valence-corrected chi connectivity index (χ2v) is 7.32. The van der Waals surface area contributed by atoms with Crippen LogP contribution in [0.3, 0.4) is 0 Å². The molecule has 6 nitrogen and oxygen atoms in total. The molecular weight excluding hydrogens is 278 g/mol. The van der Waals surface area contributed by atoms with E-state index in [0.717, 1.165) is 11.8 Å². The predicted molar refractivity (Wildman–Crippen MR) is 80.2 cm³/mol. The molecule has 0 radical (unpaired) electrons. The van der Waals surface area contributed by atoms with Crippen molar-refractivity contribution in [3.63, 3.8) is 0 Å². The molecule has 0 aromatic heterocycles. The van der Waals surface area contributed by atoms with Crippen molar-refractivity contribution in [2.24, 2.45) is 5.73 Å². The van der Waals surface area contributed by atoms with Crippen molar-refractivity contribution in [2.45, 2.75) is 26.3 Å². The van der Waals surface area contributed by atoms with Crippen molar-refractivity contribution >= 4 is 21.6 Å². The van der Waals surface area contributed by atoms with Gasteiger partial charge in [0.1, 0.15) is 0 Å². The van der Waals surface area contributed by atoms with Gasteiger partial charge in [-0.05, 0) is 38.5 Å². The van der Waals surface area contributed by atoms with E-state index in [4.69, 9.17) is 5.73 Å². The third-order valence-electron chi connectivity index (χ3n) is 2.50.